The van der Waals surface area contributed by atoms with Crippen molar-refractivity contribution in [2.24, 2.45) is 0 Å². The van der Waals surface area contributed by atoms with Gasteiger partial charge in [-0.1, -0.05) is 29.3 Å². The summed E-state index contributed by atoms with van der Waals surface area (Å²) in [5, 5.41) is 0.741. The lowest BCUT2D eigenvalue weighted by molar-refractivity contribution is 0.601. The summed E-state index contributed by atoms with van der Waals surface area (Å²) in [6.07, 6.45) is 1.41. The molecule has 1 aromatic heterocycles. The van der Waals surface area contributed by atoms with Crippen LogP contribution in [0.3, 0.4) is 0 Å². The number of sulfonamides is 1. The van der Waals surface area contributed by atoms with E-state index in [0.29, 0.717) is 10.0 Å². The van der Waals surface area contributed by atoms with Crippen molar-refractivity contribution in [2.45, 2.75) is 4.90 Å². The topological polar surface area (TPSA) is 59.1 Å². The molecule has 0 fully saturated rings. The molecule has 1 N–H and O–H groups in total. The van der Waals surface area contributed by atoms with E-state index in [4.69, 9.17) is 23.2 Å². The second-order valence-corrected chi connectivity index (χ2v) is 5.98. The van der Waals surface area contributed by atoms with Gasteiger partial charge in [0.2, 0.25) is 0 Å². The Morgan fingerprint density at radius 3 is 2.44 bits per heavy atom. The van der Waals surface area contributed by atoms with Crippen molar-refractivity contribution in [3.05, 3.63) is 52.6 Å². The Balaban J connectivity index is 2.33. The fourth-order valence-electron chi connectivity index (χ4n) is 1.29. The molecular formula is C11H8Cl2N2O2S. The summed E-state index contributed by atoms with van der Waals surface area (Å²) in [5.41, 5.74) is 0. The van der Waals surface area contributed by atoms with Crippen LogP contribution in [0.25, 0.3) is 0 Å². The van der Waals surface area contributed by atoms with Crippen LogP contribution in [-0.4, -0.2) is 13.4 Å². The number of halogens is 2. The van der Waals surface area contributed by atoms with E-state index >= 15 is 0 Å². The molecule has 0 spiro atoms. The van der Waals surface area contributed by atoms with Crippen LogP contribution in [0.4, 0.5) is 5.82 Å². The number of hydrogen-bond acceptors (Lipinski definition) is 3. The number of nitrogens with one attached hydrogen (secondary N) is 1. The number of anilines is 1. The van der Waals surface area contributed by atoms with Crippen LogP contribution in [0.15, 0.2) is 47.5 Å². The highest BCUT2D eigenvalue weighted by molar-refractivity contribution is 7.92. The first-order valence-electron chi connectivity index (χ1n) is 4.87. The van der Waals surface area contributed by atoms with Gasteiger partial charge < -0.3 is 0 Å². The van der Waals surface area contributed by atoms with E-state index in [9.17, 15) is 8.42 Å². The molecule has 7 heteroatoms. The molecule has 0 amide bonds. The number of aromatic nitrogens is 1. The van der Waals surface area contributed by atoms with Gasteiger partial charge in [-0.3, -0.25) is 4.72 Å². The van der Waals surface area contributed by atoms with Gasteiger partial charge >= 0.3 is 0 Å². The predicted octanol–water partition coefficient (Wildman–Crippen LogP) is 3.19. The van der Waals surface area contributed by atoms with Gasteiger partial charge in [-0.05, 0) is 24.3 Å². The molecule has 94 valence electrons. The highest BCUT2D eigenvalue weighted by atomic mass is 35.5. The molecule has 0 saturated carbocycles. The summed E-state index contributed by atoms with van der Waals surface area (Å²) < 4.78 is 26.3. The summed E-state index contributed by atoms with van der Waals surface area (Å²) in [7, 11) is -3.71. The fourth-order valence-corrected chi connectivity index (χ4v) is 2.75. The quantitative estimate of drug-likeness (QED) is 0.947. The first-order valence-corrected chi connectivity index (χ1v) is 7.11. The normalized spacial score (nSPS) is 11.2. The van der Waals surface area contributed by atoms with Crippen molar-refractivity contribution < 1.29 is 8.42 Å². The molecule has 4 nitrogen and oxygen atoms in total. The molecule has 0 bridgehead atoms. The minimum atomic E-state index is -3.71. The third-order valence-electron chi connectivity index (χ3n) is 2.07. The van der Waals surface area contributed by atoms with E-state index in [-0.39, 0.29) is 10.7 Å². The second-order valence-electron chi connectivity index (χ2n) is 3.42. The first kappa shape index (κ1) is 13.1. The number of hydrogen-bond donors (Lipinski definition) is 1. The standard InChI is InChI=1S/C11H8Cl2N2O2S/c12-8-2-1-3-10(6-8)18(16,17)15-11-7-9(13)4-5-14-11/h1-7H,(H,14,15). The molecular weight excluding hydrogens is 295 g/mol. The van der Waals surface area contributed by atoms with Crippen molar-refractivity contribution in [2.75, 3.05) is 4.72 Å². The van der Waals surface area contributed by atoms with Crippen LogP contribution < -0.4 is 4.72 Å². The molecule has 0 aliphatic rings. The SMILES string of the molecule is O=S(=O)(Nc1cc(Cl)ccn1)c1cccc(Cl)c1. The maximum absolute atomic E-state index is 12.0. The largest absolute Gasteiger partial charge is 0.263 e. The lowest BCUT2D eigenvalue weighted by Crippen LogP contribution is -2.13. The molecule has 0 aliphatic carbocycles. The monoisotopic (exact) mass is 302 g/mol. The highest BCUT2D eigenvalue weighted by Crippen LogP contribution is 2.19. The molecule has 0 atom stereocenters. The predicted molar refractivity (Wildman–Crippen MR) is 71.5 cm³/mol. The third kappa shape index (κ3) is 3.13. The summed E-state index contributed by atoms with van der Waals surface area (Å²) in [5.74, 6) is 0.155. The number of benzene rings is 1. The van der Waals surface area contributed by atoms with Crippen LogP contribution in [0.5, 0.6) is 0 Å². The molecule has 0 unspecified atom stereocenters. The zero-order chi connectivity index (χ0) is 13.2. The van der Waals surface area contributed by atoms with Gasteiger partial charge in [0, 0.05) is 22.3 Å². The van der Waals surface area contributed by atoms with Gasteiger partial charge in [0.1, 0.15) is 5.82 Å². The molecule has 2 aromatic rings. The van der Waals surface area contributed by atoms with Gasteiger partial charge in [-0.25, -0.2) is 13.4 Å². The lowest BCUT2D eigenvalue weighted by Gasteiger charge is -2.07. The number of pyridine rings is 1. The molecule has 0 saturated heterocycles. The van der Waals surface area contributed by atoms with Crippen LogP contribution in [0, 0.1) is 0 Å². The van der Waals surface area contributed by atoms with Crippen molar-refractivity contribution in [1.82, 2.24) is 4.98 Å². The Labute approximate surface area is 115 Å². The molecule has 0 radical (unpaired) electrons. The Kier molecular flexibility index (Phi) is 3.75. The van der Waals surface area contributed by atoms with Crippen molar-refractivity contribution in [3.63, 3.8) is 0 Å². The molecule has 1 heterocycles. The molecule has 1 aromatic carbocycles. The minimum Gasteiger partial charge on any atom is -0.263 e. The number of nitrogens with zero attached hydrogens (tertiary/aromatic N) is 1. The van der Waals surface area contributed by atoms with Crippen LogP contribution in [0.1, 0.15) is 0 Å². The zero-order valence-corrected chi connectivity index (χ0v) is 11.3. The summed E-state index contributed by atoms with van der Waals surface area (Å²) in [4.78, 5) is 3.93. The average Bonchev–Trinajstić information content (AvgIpc) is 2.28. The van der Waals surface area contributed by atoms with Crippen molar-refractivity contribution in [1.29, 1.82) is 0 Å². The third-order valence-corrected chi connectivity index (χ3v) is 3.89. The Morgan fingerprint density at radius 1 is 1.06 bits per heavy atom. The van der Waals surface area contributed by atoms with E-state index < -0.39 is 10.0 Å². The van der Waals surface area contributed by atoms with Crippen LogP contribution >= 0.6 is 23.2 Å². The number of rotatable bonds is 3. The Bertz CT molecular complexity index is 674. The summed E-state index contributed by atoms with van der Waals surface area (Å²) >= 11 is 11.5. The van der Waals surface area contributed by atoms with Crippen LogP contribution in [0.2, 0.25) is 10.0 Å². The lowest BCUT2D eigenvalue weighted by atomic mass is 10.4. The maximum atomic E-state index is 12.0. The van der Waals surface area contributed by atoms with Crippen molar-refractivity contribution in [3.8, 4) is 0 Å². The second kappa shape index (κ2) is 5.14. The van der Waals surface area contributed by atoms with Gasteiger partial charge in [0.15, 0.2) is 0 Å². The molecule has 2 rings (SSSR count). The van der Waals surface area contributed by atoms with E-state index in [0.717, 1.165) is 0 Å². The van der Waals surface area contributed by atoms with E-state index in [1.807, 2.05) is 0 Å². The van der Waals surface area contributed by atoms with E-state index in [2.05, 4.69) is 9.71 Å². The van der Waals surface area contributed by atoms with E-state index in [1.165, 1.54) is 24.4 Å². The Morgan fingerprint density at radius 2 is 1.78 bits per heavy atom. The van der Waals surface area contributed by atoms with Gasteiger partial charge in [0.05, 0.1) is 4.90 Å². The maximum Gasteiger partial charge on any atom is 0.263 e. The molecule has 0 aliphatic heterocycles. The van der Waals surface area contributed by atoms with Gasteiger partial charge in [-0.15, -0.1) is 0 Å². The molecule has 18 heavy (non-hydrogen) atoms. The van der Waals surface area contributed by atoms with Gasteiger partial charge in [0.25, 0.3) is 10.0 Å². The first-order chi connectivity index (χ1) is 8.47. The van der Waals surface area contributed by atoms with Gasteiger partial charge in [-0.2, -0.15) is 0 Å². The fraction of sp³-hybridized carbons (Fsp3) is 0. The highest BCUT2D eigenvalue weighted by Gasteiger charge is 2.15. The Hall–Kier alpha value is -1.30. The zero-order valence-electron chi connectivity index (χ0n) is 8.97. The minimum absolute atomic E-state index is 0.0665. The smallest absolute Gasteiger partial charge is 0.263 e. The van der Waals surface area contributed by atoms with Crippen molar-refractivity contribution >= 4 is 39.0 Å². The summed E-state index contributed by atoms with van der Waals surface area (Å²) in [6.45, 7) is 0. The summed E-state index contributed by atoms with van der Waals surface area (Å²) in [6, 6.07) is 8.93. The average molecular weight is 303 g/mol. The van der Waals surface area contributed by atoms with E-state index in [1.54, 1.807) is 18.2 Å². The van der Waals surface area contributed by atoms with Crippen LogP contribution in [-0.2, 0) is 10.0 Å².